The fourth-order valence-electron chi connectivity index (χ4n) is 2.71. The topological polar surface area (TPSA) is 75.6 Å². The van der Waals surface area contributed by atoms with E-state index in [0.29, 0.717) is 18.4 Å². The number of carbonyl (C=O) groups excluding carboxylic acids is 1. The summed E-state index contributed by atoms with van der Waals surface area (Å²) in [5.74, 6) is -1.19. The minimum Gasteiger partial charge on any atom is -0.478 e. The van der Waals surface area contributed by atoms with Crippen LogP contribution in [0, 0.1) is 0 Å². The van der Waals surface area contributed by atoms with Gasteiger partial charge in [0.25, 0.3) is 0 Å². The van der Waals surface area contributed by atoms with E-state index in [4.69, 9.17) is 5.11 Å². The molecule has 0 heterocycles. The van der Waals surface area contributed by atoms with E-state index in [0.717, 1.165) is 5.56 Å². The molecule has 0 radical (unpaired) electrons. The van der Waals surface area contributed by atoms with E-state index >= 15 is 0 Å². The second-order valence-corrected chi connectivity index (χ2v) is 5.95. The highest BCUT2D eigenvalue weighted by atomic mass is 19.3. The molecule has 0 aromatic heterocycles. The van der Waals surface area contributed by atoms with Crippen LogP contribution in [0.4, 0.5) is 8.78 Å². The van der Waals surface area contributed by atoms with E-state index < -0.39 is 18.6 Å². The number of carbonyl (C=O) groups is 2. The molecule has 2 aromatic rings. The number of aryl methyl sites for hydroxylation is 1. The Kier molecular flexibility index (Phi) is 7.28. The number of nitrogens with one attached hydrogen (secondary N) is 1. The number of hydrogen-bond donors (Lipinski definition) is 2. The Labute approximate surface area is 156 Å². The zero-order valence-corrected chi connectivity index (χ0v) is 14.8. The Morgan fingerprint density at radius 1 is 1.11 bits per heavy atom. The highest BCUT2D eigenvalue weighted by molar-refractivity contribution is 5.87. The molecule has 0 spiro atoms. The minimum absolute atomic E-state index is 0.0453. The summed E-state index contributed by atoms with van der Waals surface area (Å²) in [5, 5.41) is 11.7. The lowest BCUT2D eigenvalue weighted by molar-refractivity contribution is -0.121. The van der Waals surface area contributed by atoms with E-state index in [1.165, 1.54) is 18.2 Å². The molecular weight excluding hydrogens is 356 g/mol. The van der Waals surface area contributed by atoms with Crippen molar-refractivity contribution in [2.24, 2.45) is 0 Å². The zero-order chi connectivity index (χ0) is 19.8. The van der Waals surface area contributed by atoms with Crippen LogP contribution in [-0.2, 0) is 11.2 Å². The minimum atomic E-state index is -2.94. The van der Waals surface area contributed by atoms with Gasteiger partial charge in [-0.05, 0) is 36.6 Å². The predicted octanol–water partition coefficient (Wildman–Crippen LogP) is 4.19. The number of para-hydroxylation sites is 1. The Balaban J connectivity index is 1.98. The van der Waals surface area contributed by atoms with Crippen molar-refractivity contribution in [2.45, 2.75) is 38.8 Å². The summed E-state index contributed by atoms with van der Waals surface area (Å²) < 4.78 is 29.7. The molecule has 5 nitrogen and oxygen atoms in total. The number of benzene rings is 2. The predicted molar refractivity (Wildman–Crippen MR) is 96.0 cm³/mol. The van der Waals surface area contributed by atoms with Gasteiger partial charge in [0.15, 0.2) is 0 Å². The molecule has 0 aliphatic carbocycles. The van der Waals surface area contributed by atoms with Crippen molar-refractivity contribution in [2.75, 3.05) is 0 Å². The highest BCUT2D eigenvalue weighted by Crippen LogP contribution is 2.28. The van der Waals surface area contributed by atoms with Gasteiger partial charge in [0, 0.05) is 12.0 Å². The molecule has 2 N–H and O–H groups in total. The molecule has 1 unspecified atom stereocenters. The van der Waals surface area contributed by atoms with Crippen LogP contribution >= 0.6 is 0 Å². The first-order chi connectivity index (χ1) is 12.9. The summed E-state index contributed by atoms with van der Waals surface area (Å²) in [4.78, 5) is 23.1. The molecule has 0 fully saturated rings. The largest absolute Gasteiger partial charge is 0.478 e. The van der Waals surface area contributed by atoms with Crippen LogP contribution in [0.5, 0.6) is 5.75 Å². The summed E-state index contributed by atoms with van der Waals surface area (Å²) >= 11 is 0. The summed E-state index contributed by atoms with van der Waals surface area (Å²) in [6, 6.07) is 12.3. The molecule has 7 heteroatoms. The van der Waals surface area contributed by atoms with Crippen molar-refractivity contribution >= 4 is 11.9 Å². The van der Waals surface area contributed by atoms with Crippen molar-refractivity contribution in [1.82, 2.24) is 5.32 Å². The van der Waals surface area contributed by atoms with E-state index in [1.54, 1.807) is 30.3 Å². The maximum atomic E-state index is 12.6. The molecule has 0 saturated carbocycles. The average Bonchev–Trinajstić information content (AvgIpc) is 2.65. The second kappa shape index (κ2) is 9.66. The van der Waals surface area contributed by atoms with E-state index in [2.05, 4.69) is 10.1 Å². The van der Waals surface area contributed by atoms with Gasteiger partial charge in [0.1, 0.15) is 5.75 Å². The van der Waals surface area contributed by atoms with Gasteiger partial charge in [-0.2, -0.15) is 8.78 Å². The van der Waals surface area contributed by atoms with E-state index in [1.807, 2.05) is 6.92 Å². The van der Waals surface area contributed by atoms with Crippen molar-refractivity contribution in [3.05, 3.63) is 65.2 Å². The van der Waals surface area contributed by atoms with Gasteiger partial charge >= 0.3 is 12.6 Å². The van der Waals surface area contributed by atoms with Crippen LogP contribution in [0.1, 0.15) is 47.3 Å². The van der Waals surface area contributed by atoms with Gasteiger partial charge < -0.3 is 15.2 Å². The van der Waals surface area contributed by atoms with Crippen LogP contribution in [-0.4, -0.2) is 23.6 Å². The summed E-state index contributed by atoms with van der Waals surface area (Å²) in [6.07, 6.45) is 1.15. The van der Waals surface area contributed by atoms with Gasteiger partial charge in [0.2, 0.25) is 5.91 Å². The number of ether oxygens (including phenoxy) is 1. The second-order valence-electron chi connectivity index (χ2n) is 5.95. The molecule has 2 rings (SSSR count). The first-order valence-corrected chi connectivity index (χ1v) is 8.56. The number of hydrogen-bond acceptors (Lipinski definition) is 3. The third kappa shape index (κ3) is 6.06. The third-order valence-corrected chi connectivity index (χ3v) is 4.10. The molecule has 2 aromatic carbocycles. The lowest BCUT2D eigenvalue weighted by Gasteiger charge is -2.20. The monoisotopic (exact) mass is 377 g/mol. The number of alkyl halides is 2. The maximum Gasteiger partial charge on any atom is 0.387 e. The molecule has 27 heavy (non-hydrogen) atoms. The average molecular weight is 377 g/mol. The smallest absolute Gasteiger partial charge is 0.387 e. The lowest BCUT2D eigenvalue weighted by Crippen LogP contribution is -2.28. The van der Waals surface area contributed by atoms with Crippen LogP contribution in [0.3, 0.4) is 0 Å². The normalized spacial score (nSPS) is 11.9. The lowest BCUT2D eigenvalue weighted by atomic mass is 10.0. The quantitative estimate of drug-likeness (QED) is 0.687. The molecule has 1 atom stereocenters. The van der Waals surface area contributed by atoms with Crippen molar-refractivity contribution < 1.29 is 28.2 Å². The Bertz CT molecular complexity index is 778. The van der Waals surface area contributed by atoms with E-state index in [9.17, 15) is 18.4 Å². The molecular formula is C20H21F2NO4. The van der Waals surface area contributed by atoms with Gasteiger partial charge in [-0.25, -0.2) is 4.79 Å². The highest BCUT2D eigenvalue weighted by Gasteiger charge is 2.18. The molecule has 144 valence electrons. The van der Waals surface area contributed by atoms with Gasteiger partial charge in [0.05, 0.1) is 11.6 Å². The number of rotatable bonds is 9. The third-order valence-electron chi connectivity index (χ3n) is 4.10. The fraction of sp³-hybridized carbons (Fsp3) is 0.300. The van der Waals surface area contributed by atoms with E-state index in [-0.39, 0.29) is 23.6 Å². The van der Waals surface area contributed by atoms with Crippen LogP contribution in [0.25, 0.3) is 0 Å². The summed E-state index contributed by atoms with van der Waals surface area (Å²) in [7, 11) is 0. The van der Waals surface area contributed by atoms with Crippen molar-refractivity contribution in [1.29, 1.82) is 0 Å². The number of amides is 1. The Morgan fingerprint density at radius 3 is 2.37 bits per heavy atom. The van der Waals surface area contributed by atoms with Gasteiger partial charge in [-0.15, -0.1) is 0 Å². The molecule has 1 amide bonds. The number of carboxylic acids is 1. The summed E-state index contributed by atoms with van der Waals surface area (Å²) in [6.45, 7) is -1.09. The SMILES string of the molecule is CCC(NC(=O)CCc1ccc(C(=O)O)cc1)c1ccccc1OC(F)F. The van der Waals surface area contributed by atoms with Crippen molar-refractivity contribution in [3.8, 4) is 5.75 Å². The standard InChI is InChI=1S/C20H21F2NO4/c1-2-16(15-5-3-4-6-17(15)27-20(21)22)23-18(24)12-9-13-7-10-14(11-8-13)19(25)26/h3-8,10-11,16,20H,2,9,12H2,1H3,(H,23,24)(H,25,26). The van der Waals surface area contributed by atoms with Crippen LogP contribution in [0.2, 0.25) is 0 Å². The number of carboxylic acid groups (broad SMARTS) is 1. The molecule has 0 bridgehead atoms. The zero-order valence-electron chi connectivity index (χ0n) is 14.8. The molecule has 0 saturated heterocycles. The summed E-state index contributed by atoms with van der Waals surface area (Å²) in [5.41, 5.74) is 1.52. The molecule has 0 aliphatic heterocycles. The van der Waals surface area contributed by atoms with Gasteiger partial charge in [-0.1, -0.05) is 37.3 Å². The maximum absolute atomic E-state index is 12.6. The first kappa shape index (κ1) is 20.4. The molecule has 0 aliphatic rings. The fourth-order valence-corrected chi connectivity index (χ4v) is 2.71. The number of aromatic carboxylic acids is 1. The van der Waals surface area contributed by atoms with Gasteiger partial charge in [-0.3, -0.25) is 4.79 Å². The van der Waals surface area contributed by atoms with Crippen LogP contribution in [0.15, 0.2) is 48.5 Å². The Hall–Kier alpha value is -2.96. The number of halogens is 2. The van der Waals surface area contributed by atoms with Crippen LogP contribution < -0.4 is 10.1 Å². The van der Waals surface area contributed by atoms with Crippen molar-refractivity contribution in [3.63, 3.8) is 0 Å². The Morgan fingerprint density at radius 2 is 1.78 bits per heavy atom. The first-order valence-electron chi connectivity index (χ1n) is 8.56.